The van der Waals surface area contributed by atoms with Gasteiger partial charge in [-0.3, -0.25) is 14.9 Å². The van der Waals surface area contributed by atoms with E-state index in [1.807, 2.05) is 0 Å². The molecule has 14 heavy (non-hydrogen) atoms. The van der Waals surface area contributed by atoms with Crippen molar-refractivity contribution in [3.63, 3.8) is 0 Å². The second-order valence-corrected chi connectivity index (χ2v) is 2.93. The van der Waals surface area contributed by atoms with Crippen LogP contribution in [-0.2, 0) is 4.79 Å². The highest BCUT2D eigenvalue weighted by Gasteiger charge is 2.03. The van der Waals surface area contributed by atoms with Crippen molar-refractivity contribution < 1.29 is 9.72 Å². The molecule has 0 fully saturated rings. The Balaban J connectivity index is 2.64. The van der Waals surface area contributed by atoms with Crippen LogP contribution in [0.5, 0.6) is 0 Å². The lowest BCUT2D eigenvalue weighted by molar-refractivity contribution is -0.384. The smallest absolute Gasteiger partial charge is 0.269 e. The molecule has 0 unspecified atom stereocenters. The van der Waals surface area contributed by atoms with E-state index in [0.29, 0.717) is 5.69 Å². The quantitative estimate of drug-likeness (QED) is 0.471. The summed E-state index contributed by atoms with van der Waals surface area (Å²) in [6, 6.07) is 5.72. The Kier molecular flexibility index (Phi) is 3.41. The van der Waals surface area contributed by atoms with Gasteiger partial charge in [-0.25, -0.2) is 0 Å². The number of halogens is 1. The number of hydrogen-bond acceptors (Lipinski definition) is 4. The molecule has 0 aromatic heterocycles. The Morgan fingerprint density at radius 3 is 2.43 bits per heavy atom. The van der Waals surface area contributed by atoms with Gasteiger partial charge in [0.2, 0.25) is 5.24 Å². The van der Waals surface area contributed by atoms with Crippen molar-refractivity contribution in [1.29, 1.82) is 0 Å². The van der Waals surface area contributed by atoms with Crippen molar-refractivity contribution in [2.45, 2.75) is 0 Å². The third-order valence-electron chi connectivity index (χ3n) is 1.51. The number of anilines is 1. The highest BCUT2D eigenvalue weighted by molar-refractivity contribution is 6.64. The van der Waals surface area contributed by atoms with Crippen LogP contribution in [0.15, 0.2) is 24.3 Å². The van der Waals surface area contributed by atoms with Gasteiger partial charge in [0, 0.05) is 17.8 Å². The van der Waals surface area contributed by atoms with Gasteiger partial charge in [0.1, 0.15) is 0 Å². The van der Waals surface area contributed by atoms with Gasteiger partial charge in [-0.1, -0.05) is 0 Å². The van der Waals surface area contributed by atoms with Gasteiger partial charge in [0.15, 0.2) is 0 Å². The maximum atomic E-state index is 10.4. The van der Waals surface area contributed by atoms with E-state index in [1.54, 1.807) is 0 Å². The molecule has 1 rings (SSSR count). The lowest BCUT2D eigenvalue weighted by Crippen LogP contribution is -2.07. The maximum absolute atomic E-state index is 10.4. The van der Waals surface area contributed by atoms with E-state index in [0.717, 1.165) is 0 Å². The van der Waals surface area contributed by atoms with E-state index in [1.165, 1.54) is 24.3 Å². The maximum Gasteiger partial charge on any atom is 0.269 e. The predicted octanol–water partition coefficient (Wildman–Crippen LogP) is 1.77. The number of rotatable bonds is 4. The number of carbonyl (C=O) groups excluding carboxylic acids is 1. The van der Waals surface area contributed by atoms with Crippen LogP contribution < -0.4 is 5.32 Å². The summed E-state index contributed by atoms with van der Waals surface area (Å²) in [6.45, 7) is -0.000628. The standard InChI is InChI=1S/C8H7ClN2O3/c9-8(12)5-10-6-1-3-7(4-2-6)11(13)14/h1-4,10H,5H2. The Morgan fingerprint density at radius 2 is 2.00 bits per heavy atom. The average Bonchev–Trinajstić information content (AvgIpc) is 2.15. The Bertz CT molecular complexity index is 350. The molecule has 5 nitrogen and oxygen atoms in total. The number of hydrogen-bond donors (Lipinski definition) is 1. The normalized spacial score (nSPS) is 9.50. The van der Waals surface area contributed by atoms with Gasteiger partial charge in [0.25, 0.3) is 5.69 Å². The molecular weight excluding hydrogens is 208 g/mol. The lowest BCUT2D eigenvalue weighted by Gasteiger charge is -2.01. The summed E-state index contributed by atoms with van der Waals surface area (Å²) in [4.78, 5) is 20.2. The van der Waals surface area contributed by atoms with E-state index in [2.05, 4.69) is 5.32 Å². The summed E-state index contributed by atoms with van der Waals surface area (Å²) in [5.74, 6) is 0. The first-order valence-corrected chi connectivity index (χ1v) is 4.14. The third-order valence-corrected chi connectivity index (χ3v) is 1.64. The van der Waals surface area contributed by atoms with E-state index >= 15 is 0 Å². The molecule has 0 atom stereocenters. The molecule has 0 heterocycles. The van der Waals surface area contributed by atoms with Crippen LogP contribution in [0.4, 0.5) is 11.4 Å². The van der Waals surface area contributed by atoms with Crippen LogP contribution in [0.3, 0.4) is 0 Å². The fraction of sp³-hybridized carbons (Fsp3) is 0.125. The molecule has 0 radical (unpaired) electrons. The van der Waals surface area contributed by atoms with Gasteiger partial charge in [-0.2, -0.15) is 0 Å². The molecule has 0 spiro atoms. The molecule has 0 aliphatic heterocycles. The molecule has 0 saturated carbocycles. The highest BCUT2D eigenvalue weighted by Crippen LogP contribution is 2.14. The first-order valence-electron chi connectivity index (χ1n) is 3.76. The molecular formula is C8H7ClN2O3. The van der Waals surface area contributed by atoms with Gasteiger partial charge < -0.3 is 5.32 Å². The predicted molar refractivity (Wildman–Crippen MR) is 52.4 cm³/mol. The number of non-ortho nitro benzene ring substituents is 1. The summed E-state index contributed by atoms with van der Waals surface area (Å²) in [7, 11) is 0. The van der Waals surface area contributed by atoms with Crippen molar-refractivity contribution in [2.75, 3.05) is 11.9 Å². The molecule has 0 bridgehead atoms. The number of nitro benzene ring substituents is 1. The van der Waals surface area contributed by atoms with E-state index in [4.69, 9.17) is 11.6 Å². The number of nitrogens with one attached hydrogen (secondary N) is 1. The minimum Gasteiger partial charge on any atom is -0.377 e. The molecule has 74 valence electrons. The van der Waals surface area contributed by atoms with Crippen molar-refractivity contribution in [3.05, 3.63) is 34.4 Å². The minimum atomic E-state index is -0.511. The number of nitro groups is 1. The number of carbonyl (C=O) groups is 1. The zero-order chi connectivity index (χ0) is 10.6. The molecule has 0 aliphatic rings. The monoisotopic (exact) mass is 214 g/mol. The highest BCUT2D eigenvalue weighted by atomic mass is 35.5. The number of nitrogens with zero attached hydrogens (tertiary/aromatic N) is 1. The second kappa shape index (κ2) is 4.57. The third kappa shape index (κ3) is 3.02. The van der Waals surface area contributed by atoms with Crippen LogP contribution in [0.25, 0.3) is 0 Å². The van der Waals surface area contributed by atoms with Gasteiger partial charge in [-0.05, 0) is 23.7 Å². The van der Waals surface area contributed by atoms with Crippen LogP contribution in [-0.4, -0.2) is 16.7 Å². The first-order chi connectivity index (χ1) is 6.59. The molecule has 0 saturated heterocycles. The van der Waals surface area contributed by atoms with Gasteiger partial charge in [0.05, 0.1) is 11.5 Å². The summed E-state index contributed by atoms with van der Waals surface area (Å²) >= 11 is 5.10. The number of benzene rings is 1. The van der Waals surface area contributed by atoms with E-state index < -0.39 is 10.2 Å². The summed E-state index contributed by atoms with van der Waals surface area (Å²) < 4.78 is 0. The summed E-state index contributed by atoms with van der Waals surface area (Å²) in [6.07, 6.45) is 0. The van der Waals surface area contributed by atoms with Crippen LogP contribution in [0.1, 0.15) is 0 Å². The lowest BCUT2D eigenvalue weighted by atomic mass is 10.3. The van der Waals surface area contributed by atoms with Crippen LogP contribution in [0.2, 0.25) is 0 Å². The SMILES string of the molecule is O=C(Cl)CNc1ccc([N+](=O)[O-])cc1. The zero-order valence-corrected chi connectivity index (χ0v) is 7.82. The molecule has 0 amide bonds. The molecule has 1 aromatic carbocycles. The second-order valence-electron chi connectivity index (χ2n) is 2.51. The van der Waals surface area contributed by atoms with Crippen molar-refractivity contribution in [3.8, 4) is 0 Å². The Hall–Kier alpha value is -1.62. The van der Waals surface area contributed by atoms with Crippen LogP contribution >= 0.6 is 11.6 Å². The van der Waals surface area contributed by atoms with Gasteiger partial charge in [-0.15, -0.1) is 0 Å². The van der Waals surface area contributed by atoms with Gasteiger partial charge >= 0.3 is 0 Å². The molecule has 1 aromatic rings. The van der Waals surface area contributed by atoms with Crippen LogP contribution in [0, 0.1) is 10.1 Å². The largest absolute Gasteiger partial charge is 0.377 e. The Labute approximate surface area is 84.8 Å². The fourth-order valence-electron chi connectivity index (χ4n) is 0.873. The average molecular weight is 215 g/mol. The Morgan fingerprint density at radius 1 is 1.43 bits per heavy atom. The minimum absolute atomic E-state index is 0.000628. The fourth-order valence-corrected chi connectivity index (χ4v) is 0.939. The van der Waals surface area contributed by atoms with E-state index in [-0.39, 0.29) is 12.2 Å². The molecule has 0 aliphatic carbocycles. The summed E-state index contributed by atoms with van der Waals surface area (Å²) in [5, 5.41) is 12.5. The molecule has 6 heteroatoms. The van der Waals surface area contributed by atoms with Crippen molar-refractivity contribution in [2.24, 2.45) is 0 Å². The summed E-state index contributed by atoms with van der Waals surface area (Å²) in [5.41, 5.74) is 0.623. The molecule has 1 N–H and O–H groups in total. The van der Waals surface area contributed by atoms with Crippen molar-refractivity contribution >= 4 is 28.2 Å². The zero-order valence-electron chi connectivity index (χ0n) is 7.07. The first kappa shape index (κ1) is 10.5. The topological polar surface area (TPSA) is 72.2 Å². The van der Waals surface area contributed by atoms with Crippen molar-refractivity contribution in [1.82, 2.24) is 0 Å². The van der Waals surface area contributed by atoms with E-state index in [9.17, 15) is 14.9 Å².